The van der Waals surface area contributed by atoms with Crippen molar-refractivity contribution < 1.29 is 9.53 Å². The molecule has 0 aliphatic heterocycles. The van der Waals surface area contributed by atoms with Crippen LogP contribution in [0.15, 0.2) is 6.20 Å². The number of thiazole rings is 1. The Morgan fingerprint density at radius 2 is 2.54 bits per heavy atom. The average molecular weight is 240 g/mol. The van der Waals surface area contributed by atoms with Gasteiger partial charge in [0.15, 0.2) is 5.38 Å². The van der Waals surface area contributed by atoms with Crippen LogP contribution in [-0.2, 0) is 9.53 Å². The summed E-state index contributed by atoms with van der Waals surface area (Å²) in [6.45, 7) is 2.03. The Hall–Kier alpha value is -0.320. The Kier molecular flexibility index (Phi) is 3.96. The van der Waals surface area contributed by atoms with Gasteiger partial charge in [0.2, 0.25) is 0 Å². The molecule has 0 amide bonds. The summed E-state index contributed by atoms with van der Waals surface area (Å²) in [4.78, 5) is 15.0. The van der Waals surface area contributed by atoms with Crippen molar-refractivity contribution in [3.8, 4) is 0 Å². The summed E-state index contributed by atoms with van der Waals surface area (Å²) in [5.41, 5.74) is 0. The van der Waals surface area contributed by atoms with Crippen molar-refractivity contribution in [3.05, 3.63) is 15.5 Å². The molecule has 0 N–H and O–H groups in total. The Morgan fingerprint density at radius 1 is 1.85 bits per heavy atom. The Bertz CT molecular complexity index is 302. The monoisotopic (exact) mass is 239 g/mol. The molecule has 0 saturated heterocycles. The zero-order valence-electron chi connectivity index (χ0n) is 6.79. The molecule has 0 fully saturated rings. The van der Waals surface area contributed by atoms with E-state index in [1.807, 2.05) is 0 Å². The zero-order chi connectivity index (χ0) is 9.84. The molecule has 72 valence electrons. The minimum atomic E-state index is -0.850. The molecule has 1 heterocycles. The first-order valence-corrected chi connectivity index (χ1v) is 5.20. The molecule has 1 unspecified atom stereocenters. The van der Waals surface area contributed by atoms with Gasteiger partial charge in [0.25, 0.3) is 0 Å². The maximum absolute atomic E-state index is 11.1. The van der Waals surface area contributed by atoms with Crippen LogP contribution in [0.25, 0.3) is 0 Å². The van der Waals surface area contributed by atoms with E-state index >= 15 is 0 Å². The second-order valence-electron chi connectivity index (χ2n) is 2.12. The van der Waals surface area contributed by atoms with Gasteiger partial charge in [-0.3, -0.25) is 0 Å². The van der Waals surface area contributed by atoms with Crippen molar-refractivity contribution >= 4 is 40.5 Å². The lowest BCUT2D eigenvalue weighted by molar-refractivity contribution is -0.142. The number of halogens is 2. The normalized spacial score (nSPS) is 12.5. The quantitative estimate of drug-likeness (QED) is 0.602. The van der Waals surface area contributed by atoms with Gasteiger partial charge in [-0.05, 0) is 6.92 Å². The van der Waals surface area contributed by atoms with Crippen LogP contribution in [0.1, 0.15) is 17.3 Å². The topological polar surface area (TPSA) is 39.2 Å². The van der Waals surface area contributed by atoms with Gasteiger partial charge >= 0.3 is 5.97 Å². The second kappa shape index (κ2) is 4.79. The SMILES string of the molecule is CCOC(=O)C(Cl)c1ncc(Cl)s1. The first-order chi connectivity index (χ1) is 6.15. The molecule has 1 atom stereocenters. The molecule has 6 heteroatoms. The lowest BCUT2D eigenvalue weighted by Crippen LogP contribution is -2.10. The molecule has 1 rings (SSSR count). The number of aromatic nitrogens is 1. The fraction of sp³-hybridized carbons (Fsp3) is 0.429. The molecule has 13 heavy (non-hydrogen) atoms. The third kappa shape index (κ3) is 2.83. The van der Waals surface area contributed by atoms with E-state index in [1.165, 1.54) is 17.5 Å². The second-order valence-corrected chi connectivity index (χ2v) is 4.25. The van der Waals surface area contributed by atoms with E-state index in [2.05, 4.69) is 4.98 Å². The van der Waals surface area contributed by atoms with Gasteiger partial charge < -0.3 is 4.74 Å². The van der Waals surface area contributed by atoms with E-state index in [9.17, 15) is 4.79 Å². The first-order valence-electron chi connectivity index (χ1n) is 3.57. The molecule has 0 spiro atoms. The van der Waals surface area contributed by atoms with Crippen LogP contribution in [0.5, 0.6) is 0 Å². The lowest BCUT2D eigenvalue weighted by atomic mass is 10.4. The molecule has 0 aromatic carbocycles. The highest BCUT2D eigenvalue weighted by Crippen LogP contribution is 2.28. The van der Waals surface area contributed by atoms with Gasteiger partial charge in [-0.2, -0.15) is 0 Å². The molecule has 1 aromatic heterocycles. The molecule has 1 aromatic rings. The fourth-order valence-electron chi connectivity index (χ4n) is 0.700. The summed E-state index contributed by atoms with van der Waals surface area (Å²) >= 11 is 12.6. The summed E-state index contributed by atoms with van der Waals surface area (Å²) in [5.74, 6) is -0.491. The fourth-order valence-corrected chi connectivity index (χ4v) is 1.85. The van der Waals surface area contributed by atoms with Gasteiger partial charge in [0, 0.05) is 0 Å². The molecule has 0 bridgehead atoms. The van der Waals surface area contributed by atoms with Crippen molar-refractivity contribution in [3.63, 3.8) is 0 Å². The number of carbonyl (C=O) groups is 1. The van der Waals surface area contributed by atoms with Crippen molar-refractivity contribution in [1.29, 1.82) is 0 Å². The standard InChI is InChI=1S/C7H7Cl2NO2S/c1-2-12-7(11)5(9)6-10-3-4(8)13-6/h3,5H,2H2,1H3. The predicted molar refractivity (Wildman–Crippen MR) is 52.4 cm³/mol. The predicted octanol–water partition coefficient (Wildman–Crippen LogP) is 2.64. The van der Waals surface area contributed by atoms with Crippen molar-refractivity contribution in [1.82, 2.24) is 4.98 Å². The number of alkyl halides is 1. The number of hydrogen-bond acceptors (Lipinski definition) is 4. The van der Waals surface area contributed by atoms with E-state index in [0.717, 1.165) is 0 Å². The molecule has 0 aliphatic rings. The van der Waals surface area contributed by atoms with Crippen LogP contribution in [-0.4, -0.2) is 17.6 Å². The zero-order valence-corrected chi connectivity index (χ0v) is 9.12. The van der Waals surface area contributed by atoms with Crippen LogP contribution >= 0.6 is 34.5 Å². The van der Waals surface area contributed by atoms with Crippen LogP contribution in [0.4, 0.5) is 0 Å². The van der Waals surface area contributed by atoms with E-state index < -0.39 is 11.3 Å². The van der Waals surface area contributed by atoms with Gasteiger partial charge in [-0.25, -0.2) is 9.78 Å². The number of carbonyl (C=O) groups excluding carboxylic acids is 1. The van der Waals surface area contributed by atoms with E-state index in [0.29, 0.717) is 16.0 Å². The molecular weight excluding hydrogens is 233 g/mol. The summed E-state index contributed by atoms with van der Waals surface area (Å²) in [6.07, 6.45) is 1.45. The van der Waals surface area contributed by atoms with Crippen LogP contribution < -0.4 is 0 Å². The van der Waals surface area contributed by atoms with E-state index in [1.54, 1.807) is 6.92 Å². The first kappa shape index (κ1) is 10.8. The van der Waals surface area contributed by atoms with Crippen molar-refractivity contribution in [2.45, 2.75) is 12.3 Å². The van der Waals surface area contributed by atoms with E-state index in [4.69, 9.17) is 27.9 Å². The minimum Gasteiger partial charge on any atom is -0.465 e. The van der Waals surface area contributed by atoms with Gasteiger partial charge in [0.1, 0.15) is 9.34 Å². The number of esters is 1. The summed E-state index contributed by atoms with van der Waals surface area (Å²) < 4.78 is 5.22. The third-order valence-electron chi connectivity index (χ3n) is 1.21. The number of ether oxygens (including phenoxy) is 1. The van der Waals surface area contributed by atoms with E-state index in [-0.39, 0.29) is 0 Å². The Balaban J connectivity index is 2.67. The van der Waals surface area contributed by atoms with Crippen LogP contribution in [0.2, 0.25) is 4.34 Å². The lowest BCUT2D eigenvalue weighted by Gasteiger charge is -2.04. The Morgan fingerprint density at radius 3 is 3.00 bits per heavy atom. The number of rotatable bonds is 3. The molecule has 0 radical (unpaired) electrons. The highest BCUT2D eigenvalue weighted by molar-refractivity contribution is 7.16. The maximum atomic E-state index is 11.1. The summed E-state index contributed by atoms with van der Waals surface area (Å²) in [5, 5.41) is -0.387. The summed E-state index contributed by atoms with van der Waals surface area (Å²) in [7, 11) is 0. The molecule has 0 aliphatic carbocycles. The van der Waals surface area contributed by atoms with Gasteiger partial charge in [-0.15, -0.1) is 22.9 Å². The molecule has 3 nitrogen and oxygen atoms in total. The minimum absolute atomic E-state index is 0.307. The van der Waals surface area contributed by atoms with Crippen LogP contribution in [0.3, 0.4) is 0 Å². The van der Waals surface area contributed by atoms with Crippen molar-refractivity contribution in [2.75, 3.05) is 6.61 Å². The largest absolute Gasteiger partial charge is 0.465 e. The Labute approximate surface area is 89.6 Å². The average Bonchev–Trinajstić information content (AvgIpc) is 2.51. The van der Waals surface area contributed by atoms with Gasteiger partial charge in [-0.1, -0.05) is 11.6 Å². The number of nitrogens with zero attached hydrogens (tertiary/aromatic N) is 1. The van der Waals surface area contributed by atoms with Crippen molar-refractivity contribution in [2.24, 2.45) is 0 Å². The highest BCUT2D eigenvalue weighted by atomic mass is 35.5. The van der Waals surface area contributed by atoms with Crippen LogP contribution in [0, 0.1) is 0 Å². The highest BCUT2D eigenvalue weighted by Gasteiger charge is 2.21. The third-order valence-corrected chi connectivity index (χ3v) is 2.90. The number of hydrogen-bond donors (Lipinski definition) is 0. The molecular formula is C7H7Cl2NO2S. The maximum Gasteiger partial charge on any atom is 0.331 e. The smallest absolute Gasteiger partial charge is 0.331 e. The van der Waals surface area contributed by atoms with Gasteiger partial charge in [0.05, 0.1) is 12.8 Å². The summed E-state index contributed by atoms with van der Waals surface area (Å²) in [6, 6.07) is 0. The molecule has 0 saturated carbocycles.